The average Bonchev–Trinajstić information content (AvgIpc) is 3.07. The Morgan fingerprint density at radius 2 is 1.55 bits per heavy atom. The predicted octanol–water partition coefficient (Wildman–Crippen LogP) is 2.66. The largest absolute Gasteiger partial charge is 0.490 e. The van der Waals surface area contributed by atoms with Gasteiger partial charge in [0.2, 0.25) is 0 Å². The van der Waals surface area contributed by atoms with Crippen LogP contribution in [0, 0.1) is 0 Å². The molecule has 0 saturated carbocycles. The van der Waals surface area contributed by atoms with Crippen LogP contribution in [-0.4, -0.2) is 88.7 Å². The van der Waals surface area contributed by atoms with Crippen LogP contribution < -0.4 is 0 Å². The molecule has 192 valence electrons. The van der Waals surface area contributed by atoms with Crippen molar-refractivity contribution in [2.75, 3.05) is 39.5 Å². The molecule has 1 aliphatic heterocycles. The Morgan fingerprint density at radius 1 is 1.06 bits per heavy atom. The van der Waals surface area contributed by atoms with Gasteiger partial charge in [-0.1, -0.05) is 0 Å². The van der Waals surface area contributed by atoms with E-state index in [4.69, 9.17) is 29.3 Å². The van der Waals surface area contributed by atoms with Gasteiger partial charge in [-0.2, -0.15) is 31.4 Å². The first-order valence-electron chi connectivity index (χ1n) is 9.63. The standard InChI is InChI=1S/C14H25N3O2.2C2HF3O2/c1-4-18-7-6-17-9-12-8-15-16(3)14(12)13(10-17)11-19-5-2;2*3-2(4,5)1(6)7/h8,13H,4-7,9-11H2,1-3H3;2*(H,6,7). The summed E-state index contributed by atoms with van der Waals surface area (Å²) < 4.78 is 76.6. The van der Waals surface area contributed by atoms with Crippen molar-refractivity contribution in [2.24, 2.45) is 7.05 Å². The van der Waals surface area contributed by atoms with Gasteiger partial charge in [0.1, 0.15) is 0 Å². The van der Waals surface area contributed by atoms with Crippen molar-refractivity contribution in [3.05, 3.63) is 17.5 Å². The van der Waals surface area contributed by atoms with Crippen molar-refractivity contribution >= 4 is 11.9 Å². The summed E-state index contributed by atoms with van der Waals surface area (Å²) in [6.07, 6.45) is -8.18. The second-order valence-electron chi connectivity index (χ2n) is 6.57. The molecule has 2 rings (SSSR count). The summed E-state index contributed by atoms with van der Waals surface area (Å²) in [5.74, 6) is -5.10. The summed E-state index contributed by atoms with van der Waals surface area (Å²) in [4.78, 5) is 20.2. The fraction of sp³-hybridized carbons (Fsp3) is 0.722. The van der Waals surface area contributed by atoms with E-state index in [-0.39, 0.29) is 0 Å². The first-order valence-corrected chi connectivity index (χ1v) is 9.63. The Morgan fingerprint density at radius 3 is 1.97 bits per heavy atom. The zero-order chi connectivity index (χ0) is 25.8. The molecule has 2 N–H and O–H groups in total. The van der Waals surface area contributed by atoms with Crippen molar-refractivity contribution in [3.8, 4) is 0 Å². The second kappa shape index (κ2) is 14.0. The Balaban J connectivity index is 0.000000605. The predicted molar refractivity (Wildman–Crippen MR) is 102 cm³/mol. The first-order chi connectivity index (χ1) is 15.1. The van der Waals surface area contributed by atoms with Crippen LogP contribution in [0.1, 0.15) is 31.0 Å². The maximum Gasteiger partial charge on any atom is 0.490 e. The molecule has 1 aliphatic rings. The third-order valence-corrected chi connectivity index (χ3v) is 4.09. The molecule has 9 nitrogen and oxygen atoms in total. The third kappa shape index (κ3) is 11.9. The first kappa shape index (κ1) is 30.6. The number of fused-ring (bicyclic) bond motifs is 1. The lowest BCUT2D eigenvalue weighted by Gasteiger charge is -2.32. The fourth-order valence-corrected chi connectivity index (χ4v) is 2.74. The molecule has 0 bridgehead atoms. The van der Waals surface area contributed by atoms with Crippen LogP contribution in [0.3, 0.4) is 0 Å². The summed E-state index contributed by atoms with van der Waals surface area (Å²) in [6.45, 7) is 10.2. The van der Waals surface area contributed by atoms with E-state index in [0.29, 0.717) is 5.92 Å². The summed E-state index contributed by atoms with van der Waals surface area (Å²) in [6, 6.07) is 0. The lowest BCUT2D eigenvalue weighted by atomic mass is 9.97. The molecule has 0 spiro atoms. The molecular weight excluding hydrogens is 468 g/mol. The molecule has 1 aromatic heterocycles. The van der Waals surface area contributed by atoms with Crippen LogP contribution in [0.4, 0.5) is 26.3 Å². The van der Waals surface area contributed by atoms with Crippen LogP contribution in [0.2, 0.25) is 0 Å². The highest BCUT2D eigenvalue weighted by Crippen LogP contribution is 2.28. The highest BCUT2D eigenvalue weighted by molar-refractivity contribution is 5.73. The average molecular weight is 495 g/mol. The van der Waals surface area contributed by atoms with Gasteiger partial charge in [-0.3, -0.25) is 9.58 Å². The quantitative estimate of drug-likeness (QED) is 0.439. The van der Waals surface area contributed by atoms with E-state index in [1.54, 1.807) is 0 Å². The summed E-state index contributed by atoms with van der Waals surface area (Å²) in [7, 11) is 2.02. The number of carboxylic acids is 2. The van der Waals surface area contributed by atoms with E-state index in [1.807, 2.05) is 31.8 Å². The molecule has 1 aromatic rings. The minimum absolute atomic E-state index is 0.415. The van der Waals surface area contributed by atoms with Crippen molar-refractivity contribution in [2.45, 2.75) is 38.7 Å². The maximum atomic E-state index is 10.6. The number of hydrogen-bond donors (Lipinski definition) is 2. The number of carboxylic acid groups (broad SMARTS) is 2. The van der Waals surface area contributed by atoms with Crippen molar-refractivity contribution in [1.82, 2.24) is 14.7 Å². The molecule has 1 atom stereocenters. The van der Waals surface area contributed by atoms with Gasteiger partial charge >= 0.3 is 24.3 Å². The molecule has 33 heavy (non-hydrogen) atoms. The smallest absolute Gasteiger partial charge is 0.475 e. The third-order valence-electron chi connectivity index (χ3n) is 4.09. The molecule has 0 amide bonds. The minimum Gasteiger partial charge on any atom is -0.475 e. The van der Waals surface area contributed by atoms with Gasteiger partial charge in [0.15, 0.2) is 0 Å². The number of rotatable bonds is 7. The van der Waals surface area contributed by atoms with E-state index >= 15 is 0 Å². The number of aryl methyl sites for hydroxylation is 1. The summed E-state index contributed by atoms with van der Waals surface area (Å²) >= 11 is 0. The molecular formula is C18H27F6N3O6. The molecule has 0 aromatic carbocycles. The molecule has 0 saturated heterocycles. The van der Waals surface area contributed by atoms with Crippen LogP contribution in [-0.2, 0) is 32.7 Å². The van der Waals surface area contributed by atoms with Gasteiger partial charge in [0.05, 0.1) is 19.4 Å². The van der Waals surface area contributed by atoms with E-state index in [9.17, 15) is 26.3 Å². The summed E-state index contributed by atoms with van der Waals surface area (Å²) in [5, 5.41) is 18.6. The van der Waals surface area contributed by atoms with Crippen molar-refractivity contribution in [1.29, 1.82) is 0 Å². The van der Waals surface area contributed by atoms with Crippen LogP contribution in [0.15, 0.2) is 6.20 Å². The zero-order valence-electron chi connectivity index (χ0n) is 18.2. The molecule has 0 fully saturated rings. The second-order valence-corrected chi connectivity index (χ2v) is 6.57. The molecule has 0 radical (unpaired) electrons. The lowest BCUT2D eigenvalue weighted by Crippen LogP contribution is -2.38. The number of alkyl halides is 6. The maximum absolute atomic E-state index is 10.6. The molecule has 15 heteroatoms. The van der Waals surface area contributed by atoms with Gasteiger partial charge in [-0.25, -0.2) is 9.59 Å². The van der Waals surface area contributed by atoms with Crippen LogP contribution >= 0.6 is 0 Å². The van der Waals surface area contributed by atoms with Gasteiger partial charge in [-0.15, -0.1) is 0 Å². The Hall–Kier alpha value is -2.39. The zero-order valence-corrected chi connectivity index (χ0v) is 18.2. The van der Waals surface area contributed by atoms with E-state index in [1.165, 1.54) is 11.3 Å². The molecule has 1 unspecified atom stereocenters. The van der Waals surface area contributed by atoms with Crippen LogP contribution in [0.25, 0.3) is 0 Å². The molecule has 0 aliphatic carbocycles. The minimum atomic E-state index is -5.08. The Bertz CT molecular complexity index is 714. The van der Waals surface area contributed by atoms with Crippen molar-refractivity contribution < 1.29 is 55.6 Å². The van der Waals surface area contributed by atoms with Crippen LogP contribution in [0.5, 0.6) is 0 Å². The van der Waals surface area contributed by atoms with E-state index in [0.717, 1.165) is 46.1 Å². The number of carbonyl (C=O) groups is 2. The van der Waals surface area contributed by atoms with Gasteiger partial charge in [0, 0.05) is 57.1 Å². The summed E-state index contributed by atoms with van der Waals surface area (Å²) in [5.41, 5.74) is 2.66. The number of nitrogens with zero attached hydrogens (tertiary/aromatic N) is 3. The number of halogens is 6. The lowest BCUT2D eigenvalue weighted by molar-refractivity contribution is -0.193. The number of hydrogen-bond acceptors (Lipinski definition) is 6. The Labute approximate surface area is 185 Å². The van der Waals surface area contributed by atoms with Gasteiger partial charge in [0.25, 0.3) is 0 Å². The normalized spacial score (nSPS) is 16.1. The van der Waals surface area contributed by atoms with E-state index in [2.05, 4.69) is 10.00 Å². The van der Waals surface area contributed by atoms with Gasteiger partial charge < -0.3 is 19.7 Å². The van der Waals surface area contributed by atoms with E-state index < -0.39 is 24.3 Å². The number of aliphatic carboxylic acids is 2. The monoisotopic (exact) mass is 495 g/mol. The highest BCUT2D eigenvalue weighted by atomic mass is 19.4. The number of aromatic nitrogens is 2. The highest BCUT2D eigenvalue weighted by Gasteiger charge is 2.38. The number of ether oxygens (including phenoxy) is 2. The SMILES string of the molecule is CCOCCN1Cc2cnn(C)c2C(COCC)C1.O=C(O)C(F)(F)F.O=C(O)C(F)(F)F. The van der Waals surface area contributed by atoms with Crippen molar-refractivity contribution in [3.63, 3.8) is 0 Å². The fourth-order valence-electron chi connectivity index (χ4n) is 2.74. The Kier molecular flexibility index (Phi) is 13.0. The molecule has 2 heterocycles. The van der Waals surface area contributed by atoms with Gasteiger partial charge in [-0.05, 0) is 13.8 Å². The topological polar surface area (TPSA) is 114 Å².